The van der Waals surface area contributed by atoms with Crippen LogP contribution in [0.4, 0.5) is 0 Å². The minimum atomic E-state index is -0.124. The highest BCUT2D eigenvalue weighted by Crippen LogP contribution is 2.26. The van der Waals surface area contributed by atoms with E-state index in [4.69, 9.17) is 5.73 Å². The van der Waals surface area contributed by atoms with Crippen molar-refractivity contribution in [1.29, 1.82) is 0 Å². The molecular weight excluding hydrogens is 254 g/mol. The van der Waals surface area contributed by atoms with Crippen molar-refractivity contribution in [3.63, 3.8) is 0 Å². The summed E-state index contributed by atoms with van der Waals surface area (Å²) in [6, 6.07) is 10.0. The molecule has 1 atom stereocenters. The van der Waals surface area contributed by atoms with Gasteiger partial charge in [-0.05, 0) is 25.7 Å². The Morgan fingerprint density at radius 2 is 2.00 bits per heavy atom. The first kappa shape index (κ1) is 14.2. The lowest BCUT2D eigenvalue weighted by Gasteiger charge is -2.25. The monoisotopic (exact) mass is 275 g/mol. The van der Waals surface area contributed by atoms with Crippen LogP contribution in [-0.2, 0) is 6.54 Å². The van der Waals surface area contributed by atoms with E-state index in [0.717, 1.165) is 17.8 Å². The number of rotatable bonds is 5. The van der Waals surface area contributed by atoms with Gasteiger partial charge in [-0.3, -0.25) is 0 Å². The zero-order valence-electron chi connectivity index (χ0n) is 11.7. The summed E-state index contributed by atoms with van der Waals surface area (Å²) in [4.78, 5) is 4.26. The van der Waals surface area contributed by atoms with Crippen molar-refractivity contribution >= 4 is 11.8 Å². The molecular formula is C15H21N3S. The molecule has 2 rings (SSSR count). The number of hydrogen-bond acceptors (Lipinski definition) is 3. The molecule has 0 saturated carbocycles. The van der Waals surface area contributed by atoms with E-state index in [2.05, 4.69) is 41.8 Å². The van der Waals surface area contributed by atoms with E-state index < -0.39 is 0 Å². The fourth-order valence-electron chi connectivity index (χ4n) is 2.03. The molecule has 1 unspecified atom stereocenters. The maximum absolute atomic E-state index is 6.35. The van der Waals surface area contributed by atoms with Gasteiger partial charge in [0, 0.05) is 11.3 Å². The lowest BCUT2D eigenvalue weighted by molar-refractivity contribution is 0.542. The highest BCUT2D eigenvalue weighted by atomic mass is 32.2. The summed E-state index contributed by atoms with van der Waals surface area (Å²) in [7, 11) is 0. The number of hydrogen-bond donors (Lipinski definition) is 1. The average Bonchev–Trinajstić information content (AvgIpc) is 2.86. The van der Waals surface area contributed by atoms with Crippen molar-refractivity contribution in [3.05, 3.63) is 54.1 Å². The van der Waals surface area contributed by atoms with E-state index in [1.807, 2.05) is 42.5 Å². The highest BCUT2D eigenvalue weighted by molar-refractivity contribution is 7.99. The normalized spacial score (nSPS) is 13.5. The number of imidazole rings is 1. The number of benzene rings is 1. The highest BCUT2D eigenvalue weighted by Gasteiger charge is 2.20. The van der Waals surface area contributed by atoms with Crippen LogP contribution in [-0.4, -0.2) is 20.6 Å². The molecule has 1 aromatic heterocycles. The molecule has 1 heterocycles. The van der Waals surface area contributed by atoms with Crippen LogP contribution in [0.1, 0.15) is 31.1 Å². The van der Waals surface area contributed by atoms with Crippen LogP contribution in [0.15, 0.2) is 42.9 Å². The minimum absolute atomic E-state index is 0.124. The van der Waals surface area contributed by atoms with E-state index in [9.17, 15) is 0 Å². The molecule has 0 aliphatic carbocycles. The molecule has 0 aliphatic heterocycles. The Morgan fingerprint density at radius 3 is 2.63 bits per heavy atom. The number of aromatic nitrogens is 2. The Hall–Kier alpha value is -1.26. The number of nitrogens with zero attached hydrogens (tertiary/aromatic N) is 2. The van der Waals surface area contributed by atoms with E-state index in [1.165, 1.54) is 0 Å². The maximum atomic E-state index is 6.35. The lowest BCUT2D eigenvalue weighted by atomic mass is 10.0. The predicted molar refractivity (Wildman–Crippen MR) is 82.3 cm³/mol. The molecule has 2 N–H and O–H groups in total. The summed E-state index contributed by atoms with van der Waals surface area (Å²) in [5, 5.41) is 0. The molecule has 0 fully saturated rings. The topological polar surface area (TPSA) is 43.8 Å². The number of thioether (sulfide) groups is 1. The van der Waals surface area contributed by atoms with Gasteiger partial charge in [0.1, 0.15) is 0 Å². The Balaban J connectivity index is 2.25. The molecule has 4 heteroatoms. The maximum Gasteiger partial charge on any atom is 0.0949 e. The Kier molecular flexibility index (Phi) is 4.32. The zero-order chi connectivity index (χ0) is 13.9. The standard InChI is InChI=1S/C15H21N3S/c1-15(2,19-3)10-18-11-17-9-13(18)14(16)12-7-5-4-6-8-12/h4-9,11,14H,10,16H2,1-3H3. The molecule has 0 radical (unpaired) electrons. The Labute approximate surface area is 119 Å². The van der Waals surface area contributed by atoms with Gasteiger partial charge in [-0.25, -0.2) is 4.98 Å². The van der Waals surface area contributed by atoms with Gasteiger partial charge in [-0.15, -0.1) is 0 Å². The second kappa shape index (κ2) is 5.80. The molecule has 0 saturated heterocycles. The molecule has 0 bridgehead atoms. The zero-order valence-corrected chi connectivity index (χ0v) is 12.5. The first-order valence-electron chi connectivity index (χ1n) is 6.39. The van der Waals surface area contributed by atoms with Crippen molar-refractivity contribution in [3.8, 4) is 0 Å². The van der Waals surface area contributed by atoms with Crippen LogP contribution in [0.5, 0.6) is 0 Å². The average molecular weight is 275 g/mol. The van der Waals surface area contributed by atoms with Gasteiger partial charge in [0.2, 0.25) is 0 Å². The molecule has 2 aromatic rings. The van der Waals surface area contributed by atoms with Crippen LogP contribution in [0.25, 0.3) is 0 Å². The van der Waals surface area contributed by atoms with Crippen molar-refractivity contribution in [2.24, 2.45) is 5.73 Å². The van der Waals surface area contributed by atoms with Crippen LogP contribution in [0.3, 0.4) is 0 Å². The summed E-state index contributed by atoms with van der Waals surface area (Å²) in [6.07, 6.45) is 5.87. The first-order chi connectivity index (χ1) is 9.03. The largest absolute Gasteiger partial charge is 0.332 e. The molecule has 102 valence electrons. The summed E-state index contributed by atoms with van der Waals surface area (Å²) >= 11 is 1.85. The summed E-state index contributed by atoms with van der Waals surface area (Å²) in [5.74, 6) is 0. The van der Waals surface area contributed by atoms with E-state index in [-0.39, 0.29) is 10.8 Å². The van der Waals surface area contributed by atoms with Gasteiger partial charge >= 0.3 is 0 Å². The Morgan fingerprint density at radius 1 is 1.32 bits per heavy atom. The van der Waals surface area contributed by atoms with Crippen LogP contribution in [0.2, 0.25) is 0 Å². The molecule has 0 spiro atoms. The molecule has 0 amide bonds. The molecule has 3 nitrogen and oxygen atoms in total. The van der Waals surface area contributed by atoms with Gasteiger partial charge in [-0.1, -0.05) is 30.3 Å². The van der Waals surface area contributed by atoms with Crippen LogP contribution in [0, 0.1) is 0 Å². The summed E-state index contributed by atoms with van der Waals surface area (Å²) in [5.41, 5.74) is 8.53. The van der Waals surface area contributed by atoms with E-state index >= 15 is 0 Å². The third-order valence-electron chi connectivity index (χ3n) is 3.33. The van der Waals surface area contributed by atoms with Gasteiger partial charge < -0.3 is 10.3 Å². The molecule has 0 aliphatic rings. The number of nitrogens with two attached hydrogens (primary N) is 1. The van der Waals surface area contributed by atoms with Crippen LogP contribution >= 0.6 is 11.8 Å². The minimum Gasteiger partial charge on any atom is -0.332 e. The van der Waals surface area contributed by atoms with Gasteiger partial charge in [0.25, 0.3) is 0 Å². The first-order valence-corrected chi connectivity index (χ1v) is 7.62. The smallest absolute Gasteiger partial charge is 0.0949 e. The summed E-state index contributed by atoms with van der Waals surface area (Å²) in [6.45, 7) is 5.37. The van der Waals surface area contributed by atoms with Crippen molar-refractivity contribution in [2.45, 2.75) is 31.2 Å². The van der Waals surface area contributed by atoms with Gasteiger partial charge in [0.15, 0.2) is 0 Å². The molecule has 19 heavy (non-hydrogen) atoms. The van der Waals surface area contributed by atoms with Crippen LogP contribution < -0.4 is 5.73 Å². The molecule has 1 aromatic carbocycles. The SMILES string of the molecule is CSC(C)(C)Cn1cncc1C(N)c1ccccc1. The van der Waals surface area contributed by atoms with Gasteiger partial charge in [0.05, 0.1) is 24.3 Å². The van der Waals surface area contributed by atoms with E-state index in [1.54, 1.807) is 0 Å². The third-order valence-corrected chi connectivity index (χ3v) is 4.56. The fourth-order valence-corrected chi connectivity index (χ4v) is 2.30. The van der Waals surface area contributed by atoms with Gasteiger partial charge in [-0.2, -0.15) is 11.8 Å². The van der Waals surface area contributed by atoms with E-state index in [0.29, 0.717) is 0 Å². The predicted octanol–water partition coefficient (Wildman–Crippen LogP) is 3.07. The second-order valence-electron chi connectivity index (χ2n) is 5.30. The van der Waals surface area contributed by atoms with Crippen molar-refractivity contribution in [1.82, 2.24) is 9.55 Å². The van der Waals surface area contributed by atoms with Crippen molar-refractivity contribution < 1.29 is 0 Å². The Bertz CT molecular complexity index is 519. The third kappa shape index (κ3) is 3.39. The van der Waals surface area contributed by atoms with Crippen molar-refractivity contribution in [2.75, 3.05) is 6.26 Å². The fraction of sp³-hybridized carbons (Fsp3) is 0.400. The lowest BCUT2D eigenvalue weighted by Crippen LogP contribution is -2.25. The second-order valence-corrected chi connectivity index (χ2v) is 6.81. The summed E-state index contributed by atoms with van der Waals surface area (Å²) < 4.78 is 2.33. The quantitative estimate of drug-likeness (QED) is 0.912.